The SMILES string of the molecule is CSc1ccc(C=Nn2c(C)csc2=NC2CCCCC2)cc1. The molecule has 2 aromatic rings. The molecule has 1 fully saturated rings. The van der Waals surface area contributed by atoms with Gasteiger partial charge in [0.1, 0.15) is 0 Å². The van der Waals surface area contributed by atoms with Crippen LogP contribution in [0.2, 0.25) is 0 Å². The highest BCUT2D eigenvalue weighted by molar-refractivity contribution is 7.98. The number of hydrogen-bond acceptors (Lipinski definition) is 4. The van der Waals surface area contributed by atoms with Gasteiger partial charge in [0, 0.05) is 10.3 Å². The van der Waals surface area contributed by atoms with Crippen LogP contribution >= 0.6 is 23.1 Å². The summed E-state index contributed by atoms with van der Waals surface area (Å²) in [6.45, 7) is 2.09. The first-order valence-electron chi connectivity index (χ1n) is 8.15. The van der Waals surface area contributed by atoms with Gasteiger partial charge in [-0.25, -0.2) is 4.68 Å². The lowest BCUT2D eigenvalue weighted by Crippen LogP contribution is -2.19. The van der Waals surface area contributed by atoms with Crippen molar-refractivity contribution in [1.82, 2.24) is 4.68 Å². The Hall–Kier alpha value is -1.33. The van der Waals surface area contributed by atoms with E-state index in [9.17, 15) is 0 Å². The molecular formula is C18H23N3S2. The Morgan fingerprint density at radius 2 is 1.91 bits per heavy atom. The molecule has 0 N–H and O–H groups in total. The fourth-order valence-corrected chi connectivity index (χ4v) is 4.08. The van der Waals surface area contributed by atoms with Gasteiger partial charge in [-0.05, 0) is 43.7 Å². The van der Waals surface area contributed by atoms with Gasteiger partial charge in [0.25, 0.3) is 0 Å². The Balaban J connectivity index is 1.82. The molecule has 0 bridgehead atoms. The van der Waals surface area contributed by atoms with Crippen LogP contribution in [0.1, 0.15) is 43.4 Å². The summed E-state index contributed by atoms with van der Waals surface area (Å²) in [7, 11) is 0. The van der Waals surface area contributed by atoms with Crippen LogP contribution in [0.3, 0.4) is 0 Å². The minimum Gasteiger partial charge on any atom is -0.254 e. The number of thiazole rings is 1. The zero-order chi connectivity index (χ0) is 16.1. The van der Waals surface area contributed by atoms with Crippen molar-refractivity contribution in [3.05, 3.63) is 45.7 Å². The van der Waals surface area contributed by atoms with Gasteiger partial charge in [0.05, 0.1) is 18.0 Å². The molecule has 0 aliphatic heterocycles. The van der Waals surface area contributed by atoms with Crippen LogP contribution in [0.15, 0.2) is 44.6 Å². The zero-order valence-electron chi connectivity index (χ0n) is 13.7. The van der Waals surface area contributed by atoms with Gasteiger partial charge in [-0.1, -0.05) is 31.4 Å². The molecule has 0 amide bonds. The molecule has 5 heteroatoms. The van der Waals surface area contributed by atoms with E-state index in [0.717, 1.165) is 16.1 Å². The fourth-order valence-electron chi connectivity index (χ4n) is 2.79. The van der Waals surface area contributed by atoms with Crippen molar-refractivity contribution in [1.29, 1.82) is 0 Å². The highest BCUT2D eigenvalue weighted by atomic mass is 32.2. The molecule has 122 valence electrons. The Kier molecular flexibility index (Phi) is 5.73. The molecule has 0 atom stereocenters. The van der Waals surface area contributed by atoms with Crippen molar-refractivity contribution in [2.75, 3.05) is 6.26 Å². The van der Waals surface area contributed by atoms with Crippen molar-refractivity contribution in [2.24, 2.45) is 10.1 Å². The Morgan fingerprint density at radius 3 is 2.61 bits per heavy atom. The van der Waals surface area contributed by atoms with Crippen LogP contribution in [0, 0.1) is 6.92 Å². The molecule has 0 radical (unpaired) electrons. The summed E-state index contributed by atoms with van der Waals surface area (Å²) >= 11 is 3.44. The maximum atomic E-state index is 4.94. The van der Waals surface area contributed by atoms with E-state index < -0.39 is 0 Å². The van der Waals surface area contributed by atoms with E-state index in [1.165, 1.54) is 37.0 Å². The molecule has 1 heterocycles. The van der Waals surface area contributed by atoms with Crippen molar-refractivity contribution in [3.63, 3.8) is 0 Å². The highest BCUT2D eigenvalue weighted by Crippen LogP contribution is 2.20. The van der Waals surface area contributed by atoms with E-state index in [0.29, 0.717) is 6.04 Å². The molecule has 0 unspecified atom stereocenters. The second-order valence-electron chi connectivity index (χ2n) is 5.91. The maximum Gasteiger partial charge on any atom is 0.206 e. The number of thioether (sulfide) groups is 1. The number of rotatable bonds is 4. The molecule has 1 aliphatic rings. The second-order valence-corrected chi connectivity index (χ2v) is 7.63. The molecule has 0 saturated heterocycles. The van der Waals surface area contributed by atoms with Crippen molar-refractivity contribution in [3.8, 4) is 0 Å². The van der Waals surface area contributed by atoms with E-state index in [1.54, 1.807) is 23.1 Å². The average Bonchev–Trinajstić information content (AvgIpc) is 2.94. The third kappa shape index (κ3) is 4.36. The third-order valence-electron chi connectivity index (χ3n) is 4.16. The molecule has 1 aromatic carbocycles. The van der Waals surface area contributed by atoms with Gasteiger partial charge in [-0.3, -0.25) is 4.99 Å². The van der Waals surface area contributed by atoms with Crippen molar-refractivity contribution < 1.29 is 0 Å². The number of aryl methyl sites for hydroxylation is 1. The van der Waals surface area contributed by atoms with E-state index in [4.69, 9.17) is 4.99 Å². The van der Waals surface area contributed by atoms with Crippen LogP contribution in [-0.2, 0) is 0 Å². The summed E-state index contributed by atoms with van der Waals surface area (Å²) in [5.74, 6) is 0. The number of aromatic nitrogens is 1. The summed E-state index contributed by atoms with van der Waals surface area (Å²) < 4.78 is 1.97. The molecule has 1 aliphatic carbocycles. The third-order valence-corrected chi connectivity index (χ3v) is 5.85. The van der Waals surface area contributed by atoms with E-state index in [1.807, 2.05) is 10.9 Å². The Bertz CT molecular complexity index is 719. The first kappa shape index (κ1) is 16.5. The quantitative estimate of drug-likeness (QED) is 0.583. The minimum absolute atomic E-state index is 0.476. The van der Waals surface area contributed by atoms with Gasteiger partial charge in [-0.2, -0.15) is 5.10 Å². The molecule has 1 saturated carbocycles. The lowest BCUT2D eigenvalue weighted by molar-refractivity contribution is 0.435. The van der Waals surface area contributed by atoms with Crippen LogP contribution < -0.4 is 4.80 Å². The van der Waals surface area contributed by atoms with Crippen molar-refractivity contribution in [2.45, 2.75) is 50.0 Å². The lowest BCUT2D eigenvalue weighted by Gasteiger charge is -2.16. The van der Waals surface area contributed by atoms with Crippen LogP contribution in [0.4, 0.5) is 0 Å². The number of hydrogen-bond donors (Lipinski definition) is 0. The van der Waals surface area contributed by atoms with E-state index in [-0.39, 0.29) is 0 Å². The van der Waals surface area contributed by atoms with Crippen LogP contribution in [0.5, 0.6) is 0 Å². The lowest BCUT2D eigenvalue weighted by atomic mass is 9.96. The second kappa shape index (κ2) is 7.97. The first-order chi connectivity index (χ1) is 11.3. The smallest absolute Gasteiger partial charge is 0.206 e. The van der Waals surface area contributed by atoms with Gasteiger partial charge >= 0.3 is 0 Å². The summed E-state index contributed by atoms with van der Waals surface area (Å²) in [4.78, 5) is 7.24. The molecule has 23 heavy (non-hydrogen) atoms. The van der Waals surface area contributed by atoms with Gasteiger partial charge in [-0.15, -0.1) is 23.1 Å². The van der Waals surface area contributed by atoms with Gasteiger partial charge in [0.2, 0.25) is 4.80 Å². The monoisotopic (exact) mass is 345 g/mol. The van der Waals surface area contributed by atoms with E-state index >= 15 is 0 Å². The largest absolute Gasteiger partial charge is 0.254 e. The molecule has 0 spiro atoms. The minimum atomic E-state index is 0.476. The summed E-state index contributed by atoms with van der Waals surface area (Å²) in [6, 6.07) is 8.95. The summed E-state index contributed by atoms with van der Waals surface area (Å²) in [6.07, 6.45) is 10.4. The van der Waals surface area contributed by atoms with Crippen LogP contribution in [0.25, 0.3) is 0 Å². The normalized spacial score (nSPS) is 17.2. The summed E-state index contributed by atoms with van der Waals surface area (Å²) in [5, 5.41) is 6.79. The fraction of sp³-hybridized carbons (Fsp3) is 0.444. The molecular weight excluding hydrogens is 322 g/mol. The summed E-state index contributed by atoms with van der Waals surface area (Å²) in [5.41, 5.74) is 2.26. The predicted octanol–water partition coefficient (Wildman–Crippen LogP) is 4.70. The van der Waals surface area contributed by atoms with Gasteiger partial charge < -0.3 is 0 Å². The first-order valence-corrected chi connectivity index (χ1v) is 10.3. The number of nitrogens with zero attached hydrogens (tertiary/aromatic N) is 3. The predicted molar refractivity (Wildman–Crippen MR) is 101 cm³/mol. The highest BCUT2D eigenvalue weighted by Gasteiger charge is 2.12. The molecule has 1 aromatic heterocycles. The molecule has 3 nitrogen and oxygen atoms in total. The number of benzene rings is 1. The molecule has 3 rings (SSSR count). The zero-order valence-corrected chi connectivity index (χ0v) is 15.4. The average molecular weight is 346 g/mol. The Labute approximate surface area is 146 Å². The maximum absolute atomic E-state index is 4.94. The Morgan fingerprint density at radius 1 is 1.17 bits per heavy atom. The standard InChI is InChI=1S/C18H23N3S2/c1-14-13-23-18(20-16-6-4-3-5-7-16)21(14)19-12-15-8-10-17(22-2)11-9-15/h8-13,16H,3-7H2,1-2H3. The van der Waals surface area contributed by atoms with E-state index in [2.05, 4.69) is 47.9 Å². The van der Waals surface area contributed by atoms with Crippen molar-refractivity contribution >= 4 is 29.3 Å². The topological polar surface area (TPSA) is 29.6 Å². The van der Waals surface area contributed by atoms with Crippen LogP contribution in [-0.4, -0.2) is 23.2 Å². The van der Waals surface area contributed by atoms with Gasteiger partial charge in [0.15, 0.2) is 0 Å².